The van der Waals surface area contributed by atoms with E-state index in [2.05, 4.69) is 15.6 Å². The highest BCUT2D eigenvalue weighted by Crippen LogP contribution is 2.48. The standard InChI is InChI=1S/C19H31FN4O2S/c1-4-21-18(22-12-7-13-24(5-2)27(3,25)26)23-15-19(10-11-19)16-8-6-9-17(20)14-16/h6,8-9,14H,4-5,7,10-13,15H2,1-3H3,(H2,21,22,23). The molecule has 0 unspecified atom stereocenters. The van der Waals surface area contributed by atoms with Gasteiger partial charge in [0, 0.05) is 31.6 Å². The molecular formula is C19H31FN4O2S. The lowest BCUT2D eigenvalue weighted by molar-refractivity contribution is 0.424. The molecule has 8 heteroatoms. The first kappa shape index (κ1) is 21.6. The van der Waals surface area contributed by atoms with Crippen LogP contribution in [0.3, 0.4) is 0 Å². The molecule has 0 radical (unpaired) electrons. The Morgan fingerprint density at radius 1 is 1.30 bits per heavy atom. The number of nitrogens with one attached hydrogen (secondary N) is 2. The lowest BCUT2D eigenvalue weighted by Crippen LogP contribution is -2.40. The van der Waals surface area contributed by atoms with Crippen LogP contribution in [-0.2, 0) is 15.4 Å². The summed E-state index contributed by atoms with van der Waals surface area (Å²) in [7, 11) is -3.15. The van der Waals surface area contributed by atoms with Crippen molar-refractivity contribution in [1.82, 2.24) is 14.9 Å². The van der Waals surface area contributed by atoms with Crippen LogP contribution in [0, 0.1) is 5.82 Å². The molecule has 6 nitrogen and oxygen atoms in total. The van der Waals surface area contributed by atoms with Crippen LogP contribution in [0.4, 0.5) is 4.39 Å². The number of aliphatic imine (C=N–C) groups is 1. The normalized spacial score (nSPS) is 16.4. The number of hydrogen-bond acceptors (Lipinski definition) is 3. The maximum atomic E-state index is 13.5. The maximum absolute atomic E-state index is 13.5. The summed E-state index contributed by atoms with van der Waals surface area (Å²) >= 11 is 0. The van der Waals surface area contributed by atoms with E-state index in [4.69, 9.17) is 0 Å². The number of benzene rings is 1. The molecule has 1 aromatic rings. The summed E-state index contributed by atoms with van der Waals surface area (Å²) in [5, 5.41) is 6.47. The van der Waals surface area contributed by atoms with Crippen LogP contribution in [0.2, 0.25) is 0 Å². The Balaban J connectivity index is 1.89. The summed E-state index contributed by atoms with van der Waals surface area (Å²) in [6, 6.07) is 6.79. The molecule has 1 fully saturated rings. The average Bonchev–Trinajstić information content (AvgIpc) is 3.39. The first-order chi connectivity index (χ1) is 12.8. The summed E-state index contributed by atoms with van der Waals surface area (Å²) in [5.41, 5.74) is 0.952. The molecule has 152 valence electrons. The van der Waals surface area contributed by atoms with Gasteiger partial charge in [0.1, 0.15) is 5.82 Å². The quantitative estimate of drug-likeness (QED) is 0.360. The molecule has 0 saturated heterocycles. The molecule has 27 heavy (non-hydrogen) atoms. The molecule has 0 bridgehead atoms. The Hall–Kier alpha value is -1.67. The SMILES string of the molecule is CCNC(=NCC1(c2cccc(F)c2)CC1)NCCCN(CC)S(C)(=O)=O. The summed E-state index contributed by atoms with van der Waals surface area (Å²) in [5.74, 6) is 0.502. The van der Waals surface area contributed by atoms with Gasteiger partial charge in [-0.25, -0.2) is 17.1 Å². The number of nitrogens with zero attached hydrogens (tertiary/aromatic N) is 2. The minimum Gasteiger partial charge on any atom is -0.357 e. The van der Waals surface area contributed by atoms with Gasteiger partial charge in [-0.15, -0.1) is 0 Å². The number of sulfonamides is 1. The van der Waals surface area contributed by atoms with Gasteiger partial charge in [0.05, 0.1) is 12.8 Å². The van der Waals surface area contributed by atoms with E-state index in [0.29, 0.717) is 38.6 Å². The average molecular weight is 399 g/mol. The van der Waals surface area contributed by atoms with Gasteiger partial charge in [-0.3, -0.25) is 4.99 Å². The van der Waals surface area contributed by atoms with E-state index in [1.807, 2.05) is 19.9 Å². The van der Waals surface area contributed by atoms with Crippen LogP contribution in [0.15, 0.2) is 29.3 Å². The largest absolute Gasteiger partial charge is 0.357 e. The van der Waals surface area contributed by atoms with E-state index in [1.54, 1.807) is 12.1 Å². The molecule has 0 atom stereocenters. The van der Waals surface area contributed by atoms with Crippen molar-refractivity contribution in [2.24, 2.45) is 4.99 Å². The Labute approximate surface area is 162 Å². The maximum Gasteiger partial charge on any atom is 0.211 e. The second kappa shape index (κ2) is 9.50. The van der Waals surface area contributed by atoms with E-state index >= 15 is 0 Å². The predicted octanol–water partition coefficient (Wildman–Crippen LogP) is 2.08. The highest BCUT2D eigenvalue weighted by atomic mass is 32.2. The summed E-state index contributed by atoms with van der Waals surface area (Å²) in [6.07, 6.45) is 3.95. The van der Waals surface area contributed by atoms with Crippen LogP contribution in [0.1, 0.15) is 38.7 Å². The Kier molecular flexibility index (Phi) is 7.61. The van der Waals surface area contributed by atoms with Crippen molar-refractivity contribution in [3.8, 4) is 0 Å². The Bertz CT molecular complexity index is 748. The fourth-order valence-electron chi connectivity index (χ4n) is 3.10. The van der Waals surface area contributed by atoms with Crippen molar-refractivity contribution in [2.75, 3.05) is 39.0 Å². The highest BCUT2D eigenvalue weighted by molar-refractivity contribution is 7.88. The lowest BCUT2D eigenvalue weighted by Gasteiger charge is -2.19. The van der Waals surface area contributed by atoms with Crippen molar-refractivity contribution in [2.45, 2.75) is 38.5 Å². The Morgan fingerprint density at radius 3 is 2.59 bits per heavy atom. The number of rotatable bonds is 10. The molecule has 0 spiro atoms. The topological polar surface area (TPSA) is 73.8 Å². The molecule has 1 aliphatic rings. The van der Waals surface area contributed by atoms with Crippen LogP contribution in [0.25, 0.3) is 0 Å². The molecular weight excluding hydrogens is 367 g/mol. The van der Waals surface area contributed by atoms with Gasteiger partial charge in [0.2, 0.25) is 10.0 Å². The van der Waals surface area contributed by atoms with E-state index in [-0.39, 0.29) is 11.2 Å². The van der Waals surface area contributed by atoms with Crippen LogP contribution < -0.4 is 10.6 Å². The number of halogens is 1. The minimum atomic E-state index is -3.15. The molecule has 0 aromatic heterocycles. The molecule has 1 aliphatic carbocycles. The summed E-state index contributed by atoms with van der Waals surface area (Å²) in [6.45, 7) is 6.77. The van der Waals surface area contributed by atoms with Gasteiger partial charge >= 0.3 is 0 Å². The summed E-state index contributed by atoms with van der Waals surface area (Å²) in [4.78, 5) is 4.68. The third-order valence-electron chi connectivity index (χ3n) is 4.87. The van der Waals surface area contributed by atoms with E-state index in [1.165, 1.54) is 16.6 Å². The Morgan fingerprint density at radius 2 is 2.04 bits per heavy atom. The predicted molar refractivity (Wildman–Crippen MR) is 108 cm³/mol. The molecule has 2 N–H and O–H groups in total. The van der Waals surface area contributed by atoms with Crippen LogP contribution >= 0.6 is 0 Å². The summed E-state index contributed by atoms with van der Waals surface area (Å²) < 4.78 is 38.2. The highest BCUT2D eigenvalue weighted by Gasteiger charge is 2.44. The molecule has 0 aliphatic heterocycles. The zero-order chi connectivity index (χ0) is 19.9. The lowest BCUT2D eigenvalue weighted by atomic mass is 9.96. The second-order valence-corrected chi connectivity index (χ2v) is 9.00. The second-order valence-electron chi connectivity index (χ2n) is 7.02. The fourth-order valence-corrected chi connectivity index (χ4v) is 4.03. The number of hydrogen-bond donors (Lipinski definition) is 2. The van der Waals surface area contributed by atoms with Gasteiger partial charge in [-0.1, -0.05) is 19.1 Å². The van der Waals surface area contributed by atoms with Crippen molar-refractivity contribution in [3.05, 3.63) is 35.6 Å². The number of guanidine groups is 1. The zero-order valence-electron chi connectivity index (χ0n) is 16.5. The minimum absolute atomic E-state index is 0.0558. The third-order valence-corrected chi connectivity index (χ3v) is 6.25. The van der Waals surface area contributed by atoms with Gasteiger partial charge in [0.15, 0.2) is 5.96 Å². The van der Waals surface area contributed by atoms with E-state index in [9.17, 15) is 12.8 Å². The van der Waals surface area contributed by atoms with Gasteiger partial charge < -0.3 is 10.6 Å². The zero-order valence-corrected chi connectivity index (χ0v) is 17.3. The van der Waals surface area contributed by atoms with E-state index < -0.39 is 10.0 Å². The first-order valence-electron chi connectivity index (χ1n) is 9.54. The fraction of sp³-hybridized carbons (Fsp3) is 0.632. The van der Waals surface area contributed by atoms with Crippen molar-refractivity contribution in [3.63, 3.8) is 0 Å². The van der Waals surface area contributed by atoms with Crippen molar-refractivity contribution in [1.29, 1.82) is 0 Å². The van der Waals surface area contributed by atoms with Gasteiger partial charge in [-0.05, 0) is 43.9 Å². The molecule has 1 saturated carbocycles. The van der Waals surface area contributed by atoms with Crippen LogP contribution in [-0.4, -0.2) is 57.7 Å². The molecule has 1 aromatic carbocycles. The third kappa shape index (κ3) is 6.46. The monoisotopic (exact) mass is 398 g/mol. The van der Waals surface area contributed by atoms with Crippen molar-refractivity contribution >= 4 is 16.0 Å². The molecule has 0 amide bonds. The smallest absolute Gasteiger partial charge is 0.211 e. The first-order valence-corrected chi connectivity index (χ1v) is 11.4. The molecule has 0 heterocycles. The van der Waals surface area contributed by atoms with Gasteiger partial charge in [0.25, 0.3) is 0 Å². The van der Waals surface area contributed by atoms with Crippen LogP contribution in [0.5, 0.6) is 0 Å². The molecule has 2 rings (SSSR count). The van der Waals surface area contributed by atoms with E-state index in [0.717, 1.165) is 24.9 Å². The van der Waals surface area contributed by atoms with Gasteiger partial charge in [-0.2, -0.15) is 0 Å². The van der Waals surface area contributed by atoms with Crippen molar-refractivity contribution < 1.29 is 12.8 Å².